The van der Waals surface area contributed by atoms with Gasteiger partial charge in [-0.3, -0.25) is 9.59 Å². The van der Waals surface area contributed by atoms with E-state index in [0.29, 0.717) is 12.8 Å². The third-order valence-electron chi connectivity index (χ3n) is 4.17. The molecule has 0 amide bonds. The van der Waals surface area contributed by atoms with Gasteiger partial charge >= 0.3 is 11.9 Å². The predicted molar refractivity (Wildman–Crippen MR) is 77.1 cm³/mol. The van der Waals surface area contributed by atoms with Crippen LogP contribution in [0.4, 0.5) is 0 Å². The minimum Gasteiger partial charge on any atom is -0.481 e. The van der Waals surface area contributed by atoms with Gasteiger partial charge < -0.3 is 24.8 Å². The quantitative estimate of drug-likeness (QED) is 0.588. The second-order valence-corrected chi connectivity index (χ2v) is 5.56. The number of carbonyl (C=O) groups is 2. The highest BCUT2D eigenvalue weighted by Crippen LogP contribution is 2.34. The highest BCUT2D eigenvalue weighted by atomic mass is 16.5. The van der Waals surface area contributed by atoms with Crippen LogP contribution in [0.15, 0.2) is 0 Å². The second-order valence-electron chi connectivity index (χ2n) is 5.56. The van der Waals surface area contributed by atoms with Gasteiger partial charge in [0.1, 0.15) is 6.10 Å². The van der Waals surface area contributed by atoms with Crippen LogP contribution >= 0.6 is 0 Å². The first-order valence-corrected chi connectivity index (χ1v) is 7.78. The molecule has 128 valence electrons. The molecule has 0 aromatic rings. The predicted octanol–water partition coefficient (Wildman–Crippen LogP) is 0.566. The van der Waals surface area contributed by atoms with Gasteiger partial charge in [-0.05, 0) is 26.2 Å². The summed E-state index contributed by atoms with van der Waals surface area (Å²) in [5, 5.41) is 29.8. The molecule has 1 aliphatic rings. The number of hydrogen-bond donors (Lipinski definition) is 3. The van der Waals surface area contributed by atoms with E-state index >= 15 is 0 Å². The van der Waals surface area contributed by atoms with Crippen LogP contribution in [0.5, 0.6) is 0 Å². The topological polar surface area (TPSA) is 113 Å². The maximum absolute atomic E-state index is 11.9. The molecular weight excluding hydrogens is 292 g/mol. The van der Waals surface area contributed by atoms with Crippen molar-refractivity contribution in [3.05, 3.63) is 0 Å². The Balaban J connectivity index is 2.99. The number of ether oxygens (including phenoxy) is 2. The number of carbonyl (C=O) groups excluding carboxylic acids is 1. The van der Waals surface area contributed by atoms with Crippen molar-refractivity contribution in [3.8, 4) is 0 Å². The Morgan fingerprint density at radius 1 is 1.09 bits per heavy atom. The van der Waals surface area contributed by atoms with E-state index in [1.54, 1.807) is 6.92 Å². The number of esters is 1. The molecule has 1 saturated carbocycles. The van der Waals surface area contributed by atoms with Crippen LogP contribution in [0.3, 0.4) is 0 Å². The molecule has 7 heteroatoms. The molecule has 3 N–H and O–H groups in total. The average Bonchev–Trinajstić information content (AvgIpc) is 2.47. The molecule has 7 nitrogen and oxygen atoms in total. The van der Waals surface area contributed by atoms with Gasteiger partial charge in [-0.1, -0.05) is 13.8 Å². The van der Waals surface area contributed by atoms with Crippen LogP contribution in [-0.4, -0.2) is 58.3 Å². The van der Waals surface area contributed by atoms with Gasteiger partial charge in [0.25, 0.3) is 0 Å². The van der Waals surface area contributed by atoms with Crippen LogP contribution < -0.4 is 0 Å². The lowest BCUT2D eigenvalue weighted by Crippen LogP contribution is -2.57. The third-order valence-corrected chi connectivity index (χ3v) is 4.17. The first kappa shape index (κ1) is 18.9. The van der Waals surface area contributed by atoms with Gasteiger partial charge in [-0.2, -0.15) is 0 Å². The molecular formula is C15H26O7. The summed E-state index contributed by atoms with van der Waals surface area (Å²) >= 11 is 0. The normalized spacial score (nSPS) is 32.0. The fourth-order valence-electron chi connectivity index (χ4n) is 2.81. The first-order chi connectivity index (χ1) is 10.4. The number of carboxylic acids is 1. The van der Waals surface area contributed by atoms with Gasteiger partial charge in [0, 0.05) is 0 Å². The van der Waals surface area contributed by atoms with Crippen molar-refractivity contribution in [2.75, 3.05) is 6.61 Å². The third kappa shape index (κ3) is 4.18. The lowest BCUT2D eigenvalue weighted by molar-refractivity contribution is -0.199. The Morgan fingerprint density at radius 2 is 1.64 bits per heavy atom. The van der Waals surface area contributed by atoms with Crippen molar-refractivity contribution in [1.29, 1.82) is 0 Å². The lowest BCUT2D eigenvalue weighted by atomic mass is 9.75. The van der Waals surface area contributed by atoms with Gasteiger partial charge in [-0.15, -0.1) is 0 Å². The van der Waals surface area contributed by atoms with E-state index in [1.807, 2.05) is 13.8 Å². The van der Waals surface area contributed by atoms with Gasteiger partial charge in [0.2, 0.25) is 0 Å². The molecule has 0 bridgehead atoms. The summed E-state index contributed by atoms with van der Waals surface area (Å²) < 4.78 is 10.6. The summed E-state index contributed by atoms with van der Waals surface area (Å²) in [7, 11) is 0. The van der Waals surface area contributed by atoms with Crippen LogP contribution in [0.2, 0.25) is 0 Å². The first-order valence-electron chi connectivity index (χ1n) is 7.78. The molecule has 1 fully saturated rings. The van der Waals surface area contributed by atoms with Crippen molar-refractivity contribution in [2.45, 2.75) is 64.4 Å². The summed E-state index contributed by atoms with van der Waals surface area (Å²) in [6.45, 7) is 5.57. The summed E-state index contributed by atoms with van der Waals surface area (Å²) in [6, 6.07) is 0. The number of carboxylic acid groups (broad SMARTS) is 1. The number of hydrogen-bond acceptors (Lipinski definition) is 6. The van der Waals surface area contributed by atoms with E-state index in [1.165, 1.54) is 0 Å². The second kappa shape index (κ2) is 8.45. The fraction of sp³-hybridized carbons (Fsp3) is 0.867. The Morgan fingerprint density at radius 3 is 2.09 bits per heavy atom. The summed E-state index contributed by atoms with van der Waals surface area (Å²) in [5.41, 5.74) is 0. The zero-order chi connectivity index (χ0) is 16.9. The SMILES string of the molecule is CCOC(=O)[C@H]1C[C@@H](C(=O)O)[C@@H](O)C(OC(CC)CC)[C@H]1O. The Bertz CT molecular complexity index is 380. The molecule has 1 unspecified atom stereocenters. The summed E-state index contributed by atoms with van der Waals surface area (Å²) in [5.74, 6) is -4.06. The Kier molecular flexibility index (Phi) is 7.25. The molecule has 0 heterocycles. The molecule has 0 spiro atoms. The lowest BCUT2D eigenvalue weighted by Gasteiger charge is -2.41. The molecule has 0 aromatic heterocycles. The zero-order valence-electron chi connectivity index (χ0n) is 13.3. The van der Waals surface area contributed by atoms with Crippen molar-refractivity contribution in [2.24, 2.45) is 11.8 Å². The molecule has 5 atom stereocenters. The molecule has 1 aliphatic carbocycles. The fourth-order valence-corrected chi connectivity index (χ4v) is 2.81. The van der Waals surface area contributed by atoms with E-state index in [-0.39, 0.29) is 19.1 Å². The molecule has 0 saturated heterocycles. The monoisotopic (exact) mass is 318 g/mol. The van der Waals surface area contributed by atoms with E-state index in [2.05, 4.69) is 0 Å². The Hall–Kier alpha value is -1.18. The molecule has 0 aromatic carbocycles. The van der Waals surface area contributed by atoms with E-state index in [4.69, 9.17) is 9.47 Å². The molecule has 22 heavy (non-hydrogen) atoms. The summed E-state index contributed by atoms with van der Waals surface area (Å²) in [4.78, 5) is 23.3. The van der Waals surface area contributed by atoms with Gasteiger partial charge in [0.05, 0.1) is 36.8 Å². The van der Waals surface area contributed by atoms with Crippen LogP contribution in [0.1, 0.15) is 40.0 Å². The number of aliphatic carboxylic acids is 1. The van der Waals surface area contributed by atoms with Crippen LogP contribution in [0.25, 0.3) is 0 Å². The van der Waals surface area contributed by atoms with Crippen molar-refractivity contribution in [1.82, 2.24) is 0 Å². The number of aliphatic hydroxyl groups excluding tert-OH is 2. The maximum atomic E-state index is 11.9. The Labute approximate surface area is 130 Å². The van der Waals surface area contributed by atoms with Crippen molar-refractivity contribution in [3.63, 3.8) is 0 Å². The maximum Gasteiger partial charge on any atom is 0.311 e. The van der Waals surface area contributed by atoms with E-state index < -0.39 is 42.1 Å². The number of rotatable bonds is 7. The van der Waals surface area contributed by atoms with E-state index in [9.17, 15) is 24.9 Å². The molecule has 0 aliphatic heterocycles. The highest BCUT2D eigenvalue weighted by Gasteiger charge is 2.50. The smallest absolute Gasteiger partial charge is 0.311 e. The largest absolute Gasteiger partial charge is 0.481 e. The highest BCUT2D eigenvalue weighted by molar-refractivity contribution is 5.77. The average molecular weight is 318 g/mol. The van der Waals surface area contributed by atoms with Gasteiger partial charge in [0.15, 0.2) is 0 Å². The molecule has 0 radical (unpaired) electrons. The minimum absolute atomic E-state index is 0.139. The van der Waals surface area contributed by atoms with E-state index in [0.717, 1.165) is 0 Å². The number of aliphatic hydroxyl groups is 2. The van der Waals surface area contributed by atoms with Crippen molar-refractivity contribution >= 4 is 11.9 Å². The standard InChI is InChI=1S/C15H26O7/c1-4-8(5-2)22-13-11(16)9(14(18)19)7-10(12(13)17)15(20)21-6-3/h8-13,16-17H,4-7H2,1-3H3,(H,18,19)/t9-,10+,11-,12+,13?/m1/s1. The van der Waals surface area contributed by atoms with Crippen molar-refractivity contribution < 1.29 is 34.4 Å². The van der Waals surface area contributed by atoms with Gasteiger partial charge in [-0.25, -0.2) is 0 Å². The van der Waals surface area contributed by atoms with Crippen LogP contribution in [0, 0.1) is 11.8 Å². The summed E-state index contributed by atoms with van der Waals surface area (Å²) in [6.07, 6.45) is -2.83. The minimum atomic E-state index is -1.36. The zero-order valence-corrected chi connectivity index (χ0v) is 13.3. The van der Waals surface area contributed by atoms with Crippen LogP contribution in [-0.2, 0) is 19.1 Å². The molecule has 1 rings (SSSR count).